The van der Waals surface area contributed by atoms with E-state index in [1.165, 1.54) is 22.7 Å². The van der Waals surface area contributed by atoms with Crippen molar-refractivity contribution >= 4 is 22.5 Å². The van der Waals surface area contributed by atoms with E-state index in [1.54, 1.807) is 0 Å². The van der Waals surface area contributed by atoms with Gasteiger partial charge in [-0.1, -0.05) is 0 Å². The third-order valence-electron chi connectivity index (χ3n) is 4.36. The van der Waals surface area contributed by atoms with Gasteiger partial charge in [0.05, 0.1) is 0 Å². The van der Waals surface area contributed by atoms with Crippen LogP contribution in [0.4, 0.5) is 0 Å². The normalized spacial score (nSPS) is 16.4. The molecule has 1 N–H and O–H groups in total. The largest absolute Gasteiger partial charge is 0.317 e. The molecular formula is C17H20N4S. The molecule has 0 bridgehead atoms. The number of fused-ring (bicyclic) bond motifs is 1. The van der Waals surface area contributed by atoms with Crippen LogP contribution in [0.25, 0.3) is 16.2 Å². The van der Waals surface area contributed by atoms with Gasteiger partial charge in [-0.25, -0.2) is 9.97 Å². The van der Waals surface area contributed by atoms with Gasteiger partial charge in [-0.05, 0) is 63.0 Å². The van der Waals surface area contributed by atoms with Crippen LogP contribution in [-0.2, 0) is 6.42 Å². The van der Waals surface area contributed by atoms with Gasteiger partial charge in [-0.2, -0.15) is 0 Å². The molecule has 0 aliphatic carbocycles. The predicted octanol–water partition coefficient (Wildman–Crippen LogP) is 3.33. The number of piperidine rings is 1. The predicted molar refractivity (Wildman–Crippen MR) is 90.8 cm³/mol. The topological polar surface area (TPSA) is 42.7 Å². The van der Waals surface area contributed by atoms with Crippen molar-refractivity contribution in [1.29, 1.82) is 0 Å². The van der Waals surface area contributed by atoms with Crippen LogP contribution in [-0.4, -0.2) is 27.6 Å². The molecule has 3 aromatic rings. The lowest BCUT2D eigenvalue weighted by Crippen LogP contribution is -2.29. The second kappa shape index (κ2) is 5.82. The summed E-state index contributed by atoms with van der Waals surface area (Å²) >= 11 is 1.81. The molecule has 5 heteroatoms. The summed E-state index contributed by atoms with van der Waals surface area (Å²) in [5.74, 6) is 1.88. The van der Waals surface area contributed by atoms with Gasteiger partial charge in [0.15, 0.2) is 5.65 Å². The molecule has 4 rings (SSSR count). The standard InChI is InChI=1S/C17H20N4S/c1-12-4-5-16(22-12)21-15(11-13-6-9-18-10-7-13)20-14-3-2-8-19-17(14)21/h2-5,8,13,18H,6-7,9-11H2,1H3. The van der Waals surface area contributed by atoms with Crippen LogP contribution in [0.15, 0.2) is 30.5 Å². The number of pyridine rings is 1. The van der Waals surface area contributed by atoms with Crippen molar-refractivity contribution in [2.24, 2.45) is 5.92 Å². The highest BCUT2D eigenvalue weighted by Gasteiger charge is 2.20. The quantitative estimate of drug-likeness (QED) is 0.806. The van der Waals surface area contributed by atoms with Crippen molar-refractivity contribution in [3.63, 3.8) is 0 Å². The van der Waals surface area contributed by atoms with Crippen molar-refractivity contribution in [3.05, 3.63) is 41.2 Å². The lowest BCUT2D eigenvalue weighted by Gasteiger charge is -2.22. The zero-order chi connectivity index (χ0) is 14.9. The molecule has 1 aliphatic rings. The fourth-order valence-electron chi connectivity index (χ4n) is 3.21. The molecule has 114 valence electrons. The zero-order valence-corrected chi connectivity index (χ0v) is 13.6. The Balaban J connectivity index is 1.79. The molecule has 4 heterocycles. The molecule has 1 saturated heterocycles. The molecular weight excluding hydrogens is 292 g/mol. The highest BCUT2D eigenvalue weighted by atomic mass is 32.1. The Bertz CT molecular complexity index is 783. The molecule has 4 nitrogen and oxygen atoms in total. The van der Waals surface area contributed by atoms with Gasteiger partial charge in [-0.3, -0.25) is 4.57 Å². The van der Waals surface area contributed by atoms with Gasteiger partial charge in [0.1, 0.15) is 16.3 Å². The lowest BCUT2D eigenvalue weighted by molar-refractivity contribution is 0.366. The first-order chi connectivity index (χ1) is 10.8. The Kier molecular flexibility index (Phi) is 3.68. The number of thiophene rings is 1. The van der Waals surface area contributed by atoms with E-state index in [9.17, 15) is 0 Å². The summed E-state index contributed by atoms with van der Waals surface area (Å²) in [5.41, 5.74) is 1.98. The summed E-state index contributed by atoms with van der Waals surface area (Å²) in [5, 5.41) is 4.66. The van der Waals surface area contributed by atoms with E-state index < -0.39 is 0 Å². The summed E-state index contributed by atoms with van der Waals surface area (Å²) < 4.78 is 2.26. The maximum Gasteiger partial charge on any atom is 0.165 e. The summed E-state index contributed by atoms with van der Waals surface area (Å²) in [4.78, 5) is 10.8. The van der Waals surface area contributed by atoms with Gasteiger partial charge < -0.3 is 5.32 Å². The Labute approximate surface area is 134 Å². The molecule has 22 heavy (non-hydrogen) atoms. The molecule has 0 saturated carbocycles. The monoisotopic (exact) mass is 312 g/mol. The zero-order valence-electron chi connectivity index (χ0n) is 12.7. The van der Waals surface area contributed by atoms with E-state index in [0.29, 0.717) is 0 Å². The van der Waals surface area contributed by atoms with Crippen LogP contribution < -0.4 is 5.32 Å². The third-order valence-corrected chi connectivity index (χ3v) is 5.35. The minimum Gasteiger partial charge on any atom is -0.317 e. The van der Waals surface area contributed by atoms with Crippen LogP contribution in [0, 0.1) is 12.8 Å². The molecule has 0 radical (unpaired) electrons. The summed E-state index contributed by atoms with van der Waals surface area (Å²) in [7, 11) is 0. The lowest BCUT2D eigenvalue weighted by atomic mass is 9.94. The maximum absolute atomic E-state index is 4.88. The van der Waals surface area contributed by atoms with E-state index >= 15 is 0 Å². The van der Waals surface area contributed by atoms with E-state index in [4.69, 9.17) is 4.98 Å². The smallest absolute Gasteiger partial charge is 0.165 e. The minimum atomic E-state index is 0.720. The highest BCUT2D eigenvalue weighted by molar-refractivity contribution is 7.14. The van der Waals surface area contributed by atoms with Gasteiger partial charge in [0.2, 0.25) is 0 Å². The first kappa shape index (κ1) is 13.9. The Hall–Kier alpha value is -1.72. The van der Waals surface area contributed by atoms with E-state index in [-0.39, 0.29) is 0 Å². The number of rotatable bonds is 3. The van der Waals surface area contributed by atoms with Crippen LogP contribution in [0.3, 0.4) is 0 Å². The van der Waals surface area contributed by atoms with Crippen LogP contribution in [0.5, 0.6) is 0 Å². The van der Waals surface area contributed by atoms with Gasteiger partial charge in [0, 0.05) is 17.5 Å². The molecule has 0 atom stereocenters. The minimum absolute atomic E-state index is 0.720. The van der Waals surface area contributed by atoms with E-state index in [0.717, 1.165) is 42.4 Å². The fraction of sp³-hybridized carbons (Fsp3) is 0.412. The fourth-order valence-corrected chi connectivity index (χ4v) is 4.10. The van der Waals surface area contributed by atoms with Crippen molar-refractivity contribution in [3.8, 4) is 5.00 Å². The number of imidazole rings is 1. The number of aryl methyl sites for hydroxylation is 1. The number of hydrogen-bond acceptors (Lipinski definition) is 4. The molecule has 3 aromatic heterocycles. The van der Waals surface area contributed by atoms with Crippen LogP contribution in [0.2, 0.25) is 0 Å². The van der Waals surface area contributed by atoms with Gasteiger partial charge in [-0.15, -0.1) is 11.3 Å². The van der Waals surface area contributed by atoms with Crippen molar-refractivity contribution < 1.29 is 0 Å². The SMILES string of the molecule is Cc1ccc(-n2c(CC3CCNCC3)nc3cccnc32)s1. The van der Waals surface area contributed by atoms with Crippen LogP contribution >= 0.6 is 11.3 Å². The molecule has 0 aromatic carbocycles. The summed E-state index contributed by atoms with van der Waals surface area (Å²) in [6, 6.07) is 8.38. The number of hydrogen-bond donors (Lipinski definition) is 1. The Morgan fingerprint density at radius 2 is 2.14 bits per heavy atom. The highest BCUT2D eigenvalue weighted by Crippen LogP contribution is 2.28. The van der Waals surface area contributed by atoms with E-state index in [2.05, 4.69) is 40.0 Å². The third kappa shape index (κ3) is 2.55. The maximum atomic E-state index is 4.88. The first-order valence-electron chi connectivity index (χ1n) is 7.91. The average molecular weight is 312 g/mol. The molecule has 1 aliphatic heterocycles. The Morgan fingerprint density at radius 3 is 2.91 bits per heavy atom. The summed E-state index contributed by atoms with van der Waals surface area (Å²) in [6.45, 7) is 4.40. The van der Waals surface area contributed by atoms with Gasteiger partial charge >= 0.3 is 0 Å². The van der Waals surface area contributed by atoms with Crippen molar-refractivity contribution in [2.45, 2.75) is 26.2 Å². The van der Waals surface area contributed by atoms with Crippen LogP contribution in [0.1, 0.15) is 23.5 Å². The number of nitrogens with one attached hydrogen (secondary N) is 1. The Morgan fingerprint density at radius 1 is 1.27 bits per heavy atom. The molecule has 1 fully saturated rings. The molecule has 0 spiro atoms. The van der Waals surface area contributed by atoms with Gasteiger partial charge in [0.25, 0.3) is 0 Å². The first-order valence-corrected chi connectivity index (χ1v) is 8.73. The average Bonchev–Trinajstić information content (AvgIpc) is 3.11. The molecule has 0 unspecified atom stereocenters. The number of nitrogens with zero attached hydrogens (tertiary/aromatic N) is 3. The molecule has 0 amide bonds. The summed E-state index contributed by atoms with van der Waals surface area (Å²) in [6.07, 6.45) is 5.37. The second-order valence-electron chi connectivity index (χ2n) is 5.99. The second-order valence-corrected chi connectivity index (χ2v) is 7.26. The van der Waals surface area contributed by atoms with Crippen molar-refractivity contribution in [2.75, 3.05) is 13.1 Å². The number of aromatic nitrogens is 3. The van der Waals surface area contributed by atoms with E-state index in [1.807, 2.05) is 23.6 Å². The van der Waals surface area contributed by atoms with Crippen molar-refractivity contribution in [1.82, 2.24) is 19.9 Å².